The van der Waals surface area contributed by atoms with Crippen LogP contribution in [-0.4, -0.2) is 17.9 Å². The van der Waals surface area contributed by atoms with Gasteiger partial charge < -0.3 is 16.8 Å². The van der Waals surface area contributed by atoms with Gasteiger partial charge in [0.2, 0.25) is 11.8 Å². The fraction of sp³-hybridized carbons (Fsp3) is 0.455. The Balaban J connectivity index is 2.45. The lowest BCUT2D eigenvalue weighted by molar-refractivity contribution is -0.126. The van der Waals surface area contributed by atoms with Crippen molar-refractivity contribution in [1.82, 2.24) is 5.32 Å². The Hall–Kier alpha value is -1.40. The molecule has 5 nitrogen and oxygen atoms in total. The van der Waals surface area contributed by atoms with Gasteiger partial charge in [-0.3, -0.25) is 9.59 Å². The number of rotatable bonds is 6. The molecule has 94 valence electrons. The van der Waals surface area contributed by atoms with E-state index in [4.69, 9.17) is 11.5 Å². The second kappa shape index (κ2) is 6.36. The Labute approximate surface area is 104 Å². The van der Waals surface area contributed by atoms with Crippen LogP contribution in [-0.2, 0) is 22.6 Å². The number of carbonyl (C=O) groups excluding carboxylic acids is 2. The lowest BCUT2D eigenvalue weighted by Crippen LogP contribution is -2.42. The maximum Gasteiger partial charge on any atom is 0.237 e. The molecule has 0 saturated carbocycles. The van der Waals surface area contributed by atoms with Crippen molar-refractivity contribution in [2.75, 3.05) is 0 Å². The number of hydrogen-bond acceptors (Lipinski definition) is 4. The fourth-order valence-corrected chi connectivity index (χ4v) is 2.36. The standard InChI is InChI=1S/C11H17N3O2S/c1-2-7-3-4-17-9(7)6-14-11(16)8(12)5-10(13)15/h3-4,8H,2,5-6,12H2,1H3,(H2,13,15)(H,14,16). The number of amides is 2. The molecule has 0 bridgehead atoms. The van der Waals surface area contributed by atoms with Gasteiger partial charge in [-0.1, -0.05) is 6.92 Å². The minimum atomic E-state index is -0.863. The molecule has 5 N–H and O–H groups in total. The average molecular weight is 255 g/mol. The highest BCUT2D eigenvalue weighted by atomic mass is 32.1. The molecule has 0 fully saturated rings. The van der Waals surface area contributed by atoms with Gasteiger partial charge >= 0.3 is 0 Å². The van der Waals surface area contributed by atoms with Crippen molar-refractivity contribution in [2.24, 2.45) is 11.5 Å². The van der Waals surface area contributed by atoms with Gasteiger partial charge in [0.15, 0.2) is 0 Å². The molecule has 6 heteroatoms. The number of carbonyl (C=O) groups is 2. The first-order valence-electron chi connectivity index (χ1n) is 5.41. The molecule has 0 radical (unpaired) electrons. The van der Waals surface area contributed by atoms with E-state index in [2.05, 4.69) is 12.2 Å². The molecule has 1 aromatic rings. The second-order valence-corrected chi connectivity index (χ2v) is 4.72. The number of nitrogens with two attached hydrogens (primary N) is 2. The van der Waals surface area contributed by atoms with E-state index in [1.807, 2.05) is 11.4 Å². The van der Waals surface area contributed by atoms with Crippen molar-refractivity contribution >= 4 is 23.2 Å². The topological polar surface area (TPSA) is 98.2 Å². The lowest BCUT2D eigenvalue weighted by atomic mass is 10.2. The van der Waals surface area contributed by atoms with E-state index >= 15 is 0 Å². The molecule has 0 spiro atoms. The molecular formula is C11H17N3O2S. The summed E-state index contributed by atoms with van der Waals surface area (Å²) in [4.78, 5) is 23.3. The average Bonchev–Trinajstić information content (AvgIpc) is 2.72. The quantitative estimate of drug-likeness (QED) is 0.673. The largest absolute Gasteiger partial charge is 0.370 e. The summed E-state index contributed by atoms with van der Waals surface area (Å²) in [5.74, 6) is -0.919. The summed E-state index contributed by atoms with van der Waals surface area (Å²) in [6.07, 6.45) is 0.805. The van der Waals surface area contributed by atoms with Crippen LogP contribution in [0.5, 0.6) is 0 Å². The first-order valence-corrected chi connectivity index (χ1v) is 6.29. The summed E-state index contributed by atoms with van der Waals surface area (Å²) in [7, 11) is 0. The van der Waals surface area contributed by atoms with Crippen molar-refractivity contribution in [3.05, 3.63) is 21.9 Å². The Kier molecular flexibility index (Phi) is 5.11. The van der Waals surface area contributed by atoms with Crippen molar-refractivity contribution in [3.8, 4) is 0 Å². The number of hydrogen-bond donors (Lipinski definition) is 3. The van der Waals surface area contributed by atoms with Crippen molar-refractivity contribution in [1.29, 1.82) is 0 Å². The van der Waals surface area contributed by atoms with E-state index in [0.717, 1.165) is 11.3 Å². The van der Waals surface area contributed by atoms with Crippen LogP contribution < -0.4 is 16.8 Å². The van der Waals surface area contributed by atoms with E-state index in [9.17, 15) is 9.59 Å². The highest BCUT2D eigenvalue weighted by molar-refractivity contribution is 7.10. The summed E-state index contributed by atoms with van der Waals surface area (Å²) < 4.78 is 0. The number of thiophene rings is 1. The molecule has 0 saturated heterocycles. The molecule has 0 aliphatic rings. The van der Waals surface area contributed by atoms with Gasteiger partial charge in [0.1, 0.15) is 0 Å². The minimum Gasteiger partial charge on any atom is -0.370 e. The molecule has 1 aromatic heterocycles. The Morgan fingerprint density at radius 3 is 2.82 bits per heavy atom. The normalized spacial score (nSPS) is 12.1. The monoisotopic (exact) mass is 255 g/mol. The molecule has 0 aromatic carbocycles. The lowest BCUT2D eigenvalue weighted by Gasteiger charge is -2.10. The third-order valence-electron chi connectivity index (χ3n) is 2.40. The van der Waals surface area contributed by atoms with Gasteiger partial charge in [0.25, 0.3) is 0 Å². The maximum absolute atomic E-state index is 11.5. The van der Waals surface area contributed by atoms with Gasteiger partial charge in [-0.15, -0.1) is 11.3 Å². The van der Waals surface area contributed by atoms with Gasteiger partial charge in [0.05, 0.1) is 19.0 Å². The summed E-state index contributed by atoms with van der Waals surface area (Å²) in [6.45, 7) is 2.51. The zero-order valence-electron chi connectivity index (χ0n) is 9.73. The molecule has 2 amide bonds. The number of aryl methyl sites for hydroxylation is 1. The zero-order chi connectivity index (χ0) is 12.8. The third kappa shape index (κ3) is 4.16. The van der Waals surface area contributed by atoms with E-state index < -0.39 is 11.9 Å². The van der Waals surface area contributed by atoms with Crippen LogP contribution in [0.15, 0.2) is 11.4 Å². The Morgan fingerprint density at radius 1 is 1.53 bits per heavy atom. The van der Waals surface area contributed by atoms with Crippen LogP contribution in [0.25, 0.3) is 0 Å². The van der Waals surface area contributed by atoms with Crippen LogP contribution in [0.3, 0.4) is 0 Å². The summed E-state index contributed by atoms with van der Waals surface area (Å²) in [5.41, 5.74) is 11.7. The fourth-order valence-electron chi connectivity index (χ4n) is 1.45. The van der Waals surface area contributed by atoms with Gasteiger partial charge in [0, 0.05) is 4.88 Å². The molecule has 0 aliphatic carbocycles. The highest BCUT2D eigenvalue weighted by Gasteiger charge is 2.15. The molecule has 1 rings (SSSR count). The van der Waals surface area contributed by atoms with Gasteiger partial charge in [-0.05, 0) is 23.4 Å². The smallest absolute Gasteiger partial charge is 0.237 e. The molecule has 17 heavy (non-hydrogen) atoms. The maximum atomic E-state index is 11.5. The van der Waals surface area contributed by atoms with E-state index in [1.54, 1.807) is 11.3 Å². The Bertz CT molecular complexity index is 403. The molecule has 1 unspecified atom stereocenters. The predicted molar refractivity (Wildman–Crippen MR) is 67.3 cm³/mol. The molecule has 1 atom stereocenters. The van der Waals surface area contributed by atoms with E-state index in [-0.39, 0.29) is 12.3 Å². The second-order valence-electron chi connectivity index (χ2n) is 3.72. The zero-order valence-corrected chi connectivity index (χ0v) is 10.5. The van der Waals surface area contributed by atoms with Crippen LogP contribution in [0.4, 0.5) is 0 Å². The van der Waals surface area contributed by atoms with Crippen LogP contribution in [0.2, 0.25) is 0 Å². The number of primary amides is 1. The molecular weight excluding hydrogens is 238 g/mol. The van der Waals surface area contributed by atoms with E-state index in [0.29, 0.717) is 6.54 Å². The predicted octanol–water partition coefficient (Wildman–Crippen LogP) is 0.129. The van der Waals surface area contributed by atoms with Gasteiger partial charge in [-0.2, -0.15) is 0 Å². The van der Waals surface area contributed by atoms with Crippen molar-refractivity contribution in [2.45, 2.75) is 32.4 Å². The first kappa shape index (κ1) is 13.7. The minimum absolute atomic E-state index is 0.128. The van der Waals surface area contributed by atoms with Crippen molar-refractivity contribution in [3.63, 3.8) is 0 Å². The Morgan fingerprint density at radius 2 is 2.24 bits per heavy atom. The summed E-state index contributed by atoms with van der Waals surface area (Å²) >= 11 is 1.59. The van der Waals surface area contributed by atoms with Crippen LogP contribution in [0.1, 0.15) is 23.8 Å². The number of nitrogens with one attached hydrogen (secondary N) is 1. The third-order valence-corrected chi connectivity index (χ3v) is 3.36. The molecule has 0 aliphatic heterocycles. The van der Waals surface area contributed by atoms with Crippen LogP contribution >= 0.6 is 11.3 Å². The van der Waals surface area contributed by atoms with Crippen LogP contribution in [0, 0.1) is 0 Å². The van der Waals surface area contributed by atoms with Crippen molar-refractivity contribution < 1.29 is 9.59 Å². The summed E-state index contributed by atoms with van der Waals surface area (Å²) in [6, 6.07) is 1.17. The van der Waals surface area contributed by atoms with Gasteiger partial charge in [-0.25, -0.2) is 0 Å². The SMILES string of the molecule is CCc1ccsc1CNC(=O)C(N)CC(N)=O. The highest BCUT2D eigenvalue weighted by Crippen LogP contribution is 2.16. The summed E-state index contributed by atoms with van der Waals surface area (Å²) in [5, 5.41) is 4.69. The molecule has 1 heterocycles. The van der Waals surface area contributed by atoms with E-state index in [1.165, 1.54) is 5.56 Å². The first-order chi connectivity index (χ1) is 8.04.